The molecule has 0 aliphatic heterocycles. The summed E-state index contributed by atoms with van der Waals surface area (Å²) in [4.78, 5) is 0. The Kier molecular flexibility index (Phi) is 5.50. The zero-order valence-electron chi connectivity index (χ0n) is 12.0. The van der Waals surface area contributed by atoms with Gasteiger partial charge in [0.05, 0.1) is 19.4 Å². The van der Waals surface area contributed by atoms with E-state index in [1.54, 1.807) is 6.26 Å². The molecule has 1 heterocycles. The SMILES string of the molecule is CCOc1ccc(OC(C)CNCc2ccco2)cc1. The number of furan rings is 1. The Morgan fingerprint density at radius 1 is 1.15 bits per heavy atom. The lowest BCUT2D eigenvalue weighted by atomic mass is 10.3. The Balaban J connectivity index is 1.71. The van der Waals surface area contributed by atoms with Crippen LogP contribution in [0.2, 0.25) is 0 Å². The average Bonchev–Trinajstić information content (AvgIpc) is 2.94. The maximum atomic E-state index is 5.82. The predicted molar refractivity (Wildman–Crippen MR) is 78.1 cm³/mol. The summed E-state index contributed by atoms with van der Waals surface area (Å²) in [7, 11) is 0. The summed E-state index contributed by atoms with van der Waals surface area (Å²) in [5.41, 5.74) is 0. The predicted octanol–water partition coefficient (Wildman–Crippen LogP) is 3.24. The molecule has 1 unspecified atom stereocenters. The molecule has 0 bridgehead atoms. The van der Waals surface area contributed by atoms with E-state index in [1.807, 2.05) is 50.2 Å². The van der Waals surface area contributed by atoms with Gasteiger partial charge in [0, 0.05) is 6.54 Å². The summed E-state index contributed by atoms with van der Waals surface area (Å²) in [5, 5.41) is 3.30. The van der Waals surface area contributed by atoms with Crippen molar-refractivity contribution in [1.82, 2.24) is 5.32 Å². The normalized spacial score (nSPS) is 12.1. The van der Waals surface area contributed by atoms with Gasteiger partial charge in [-0.3, -0.25) is 0 Å². The highest BCUT2D eigenvalue weighted by atomic mass is 16.5. The second-order valence-corrected chi connectivity index (χ2v) is 4.54. The van der Waals surface area contributed by atoms with Crippen molar-refractivity contribution in [1.29, 1.82) is 0 Å². The van der Waals surface area contributed by atoms with Crippen LogP contribution in [0.5, 0.6) is 11.5 Å². The van der Waals surface area contributed by atoms with Crippen molar-refractivity contribution in [2.24, 2.45) is 0 Å². The molecule has 0 spiro atoms. The first kappa shape index (κ1) is 14.5. The Morgan fingerprint density at radius 2 is 1.90 bits per heavy atom. The van der Waals surface area contributed by atoms with Crippen LogP contribution in [-0.4, -0.2) is 19.3 Å². The lowest BCUT2D eigenvalue weighted by molar-refractivity contribution is 0.215. The van der Waals surface area contributed by atoms with E-state index in [4.69, 9.17) is 13.9 Å². The molecule has 2 aromatic rings. The highest BCUT2D eigenvalue weighted by Gasteiger charge is 2.04. The third kappa shape index (κ3) is 4.63. The topological polar surface area (TPSA) is 43.6 Å². The lowest BCUT2D eigenvalue weighted by Gasteiger charge is -2.15. The van der Waals surface area contributed by atoms with Gasteiger partial charge in [-0.2, -0.15) is 0 Å². The second kappa shape index (κ2) is 7.60. The van der Waals surface area contributed by atoms with Crippen LogP contribution in [0.3, 0.4) is 0 Å². The smallest absolute Gasteiger partial charge is 0.120 e. The fourth-order valence-corrected chi connectivity index (χ4v) is 1.87. The van der Waals surface area contributed by atoms with E-state index in [1.165, 1.54) is 0 Å². The standard InChI is InChI=1S/C16H21NO3/c1-3-18-14-6-8-15(9-7-14)20-13(2)11-17-12-16-5-4-10-19-16/h4-10,13,17H,3,11-12H2,1-2H3. The third-order valence-corrected chi connectivity index (χ3v) is 2.78. The van der Waals surface area contributed by atoms with Crippen LogP contribution in [0, 0.1) is 0 Å². The summed E-state index contributed by atoms with van der Waals surface area (Å²) in [5.74, 6) is 2.64. The highest BCUT2D eigenvalue weighted by molar-refractivity contribution is 5.31. The highest BCUT2D eigenvalue weighted by Crippen LogP contribution is 2.18. The van der Waals surface area contributed by atoms with Crippen LogP contribution < -0.4 is 14.8 Å². The minimum atomic E-state index is 0.0860. The molecule has 20 heavy (non-hydrogen) atoms. The van der Waals surface area contributed by atoms with Crippen LogP contribution >= 0.6 is 0 Å². The molecular formula is C16H21NO3. The van der Waals surface area contributed by atoms with E-state index < -0.39 is 0 Å². The molecule has 0 fully saturated rings. The van der Waals surface area contributed by atoms with E-state index >= 15 is 0 Å². The van der Waals surface area contributed by atoms with Crippen molar-refractivity contribution in [3.05, 3.63) is 48.4 Å². The maximum absolute atomic E-state index is 5.82. The zero-order chi connectivity index (χ0) is 14.2. The van der Waals surface area contributed by atoms with Crippen molar-refractivity contribution in [3.63, 3.8) is 0 Å². The largest absolute Gasteiger partial charge is 0.494 e. The number of nitrogens with one attached hydrogen (secondary N) is 1. The molecule has 1 aromatic heterocycles. The van der Waals surface area contributed by atoms with Crippen LogP contribution in [0.4, 0.5) is 0 Å². The van der Waals surface area contributed by atoms with Crippen molar-refractivity contribution in [3.8, 4) is 11.5 Å². The van der Waals surface area contributed by atoms with Crippen molar-refractivity contribution in [2.45, 2.75) is 26.5 Å². The van der Waals surface area contributed by atoms with Crippen molar-refractivity contribution >= 4 is 0 Å². The Labute approximate surface area is 119 Å². The van der Waals surface area contributed by atoms with Gasteiger partial charge >= 0.3 is 0 Å². The van der Waals surface area contributed by atoms with Gasteiger partial charge in [-0.15, -0.1) is 0 Å². The fourth-order valence-electron chi connectivity index (χ4n) is 1.87. The quantitative estimate of drug-likeness (QED) is 0.803. The molecule has 0 aliphatic carbocycles. The Morgan fingerprint density at radius 3 is 2.55 bits per heavy atom. The summed E-state index contributed by atoms with van der Waals surface area (Å²) >= 11 is 0. The summed E-state index contributed by atoms with van der Waals surface area (Å²) in [6, 6.07) is 11.5. The molecule has 4 nitrogen and oxygen atoms in total. The van der Waals surface area contributed by atoms with Gasteiger partial charge in [0.25, 0.3) is 0 Å². The first-order chi connectivity index (χ1) is 9.78. The molecule has 4 heteroatoms. The number of hydrogen-bond donors (Lipinski definition) is 1. The fraction of sp³-hybridized carbons (Fsp3) is 0.375. The molecular weight excluding hydrogens is 254 g/mol. The minimum absolute atomic E-state index is 0.0860. The first-order valence-corrected chi connectivity index (χ1v) is 6.90. The van der Waals surface area contributed by atoms with Gasteiger partial charge in [0.15, 0.2) is 0 Å². The van der Waals surface area contributed by atoms with E-state index in [9.17, 15) is 0 Å². The third-order valence-electron chi connectivity index (χ3n) is 2.78. The van der Waals surface area contributed by atoms with E-state index in [-0.39, 0.29) is 6.10 Å². The number of ether oxygens (including phenoxy) is 2. The molecule has 2 rings (SSSR count). The molecule has 0 saturated heterocycles. The van der Waals surface area contributed by atoms with E-state index in [2.05, 4.69) is 5.32 Å². The van der Waals surface area contributed by atoms with Crippen LogP contribution in [0.25, 0.3) is 0 Å². The van der Waals surface area contributed by atoms with Gasteiger partial charge in [-0.1, -0.05) is 0 Å². The molecule has 0 saturated carbocycles. The van der Waals surface area contributed by atoms with E-state index in [0.29, 0.717) is 13.2 Å². The number of hydrogen-bond acceptors (Lipinski definition) is 4. The molecule has 1 N–H and O–H groups in total. The molecule has 1 atom stereocenters. The molecule has 0 aliphatic rings. The number of rotatable bonds is 8. The summed E-state index contributed by atoms with van der Waals surface area (Å²) in [6.45, 7) is 6.15. The van der Waals surface area contributed by atoms with E-state index in [0.717, 1.165) is 23.8 Å². The molecule has 0 amide bonds. The number of benzene rings is 1. The summed E-state index contributed by atoms with van der Waals surface area (Å²) in [6.07, 6.45) is 1.76. The van der Waals surface area contributed by atoms with Crippen LogP contribution in [0.1, 0.15) is 19.6 Å². The molecule has 108 valence electrons. The van der Waals surface area contributed by atoms with Gasteiger partial charge < -0.3 is 19.2 Å². The molecule has 0 radical (unpaired) electrons. The summed E-state index contributed by atoms with van der Waals surface area (Å²) < 4.78 is 16.5. The minimum Gasteiger partial charge on any atom is -0.494 e. The monoisotopic (exact) mass is 275 g/mol. The van der Waals surface area contributed by atoms with Gasteiger partial charge in [0.2, 0.25) is 0 Å². The Hall–Kier alpha value is -1.94. The van der Waals surface area contributed by atoms with Gasteiger partial charge in [0.1, 0.15) is 23.4 Å². The second-order valence-electron chi connectivity index (χ2n) is 4.54. The van der Waals surface area contributed by atoms with Crippen molar-refractivity contribution in [2.75, 3.05) is 13.2 Å². The average molecular weight is 275 g/mol. The van der Waals surface area contributed by atoms with Gasteiger partial charge in [-0.25, -0.2) is 0 Å². The lowest BCUT2D eigenvalue weighted by Crippen LogP contribution is -2.28. The van der Waals surface area contributed by atoms with Crippen LogP contribution in [0.15, 0.2) is 47.1 Å². The van der Waals surface area contributed by atoms with Crippen LogP contribution in [-0.2, 0) is 6.54 Å². The first-order valence-electron chi connectivity index (χ1n) is 6.90. The molecule has 1 aromatic carbocycles. The maximum Gasteiger partial charge on any atom is 0.120 e. The van der Waals surface area contributed by atoms with Gasteiger partial charge in [-0.05, 0) is 50.2 Å². The Bertz CT molecular complexity index is 479. The van der Waals surface area contributed by atoms with Crippen molar-refractivity contribution < 1.29 is 13.9 Å². The zero-order valence-corrected chi connectivity index (χ0v) is 12.0.